The minimum atomic E-state index is -0.347. The monoisotopic (exact) mass is 465 g/mol. The van der Waals surface area contributed by atoms with Crippen LogP contribution >= 0.6 is 9.24 Å². The maximum Gasteiger partial charge on any atom is 0.160 e. The van der Waals surface area contributed by atoms with Gasteiger partial charge in [-0.25, -0.2) is 0 Å². The van der Waals surface area contributed by atoms with E-state index in [2.05, 4.69) is 39.5 Å². The number of hydrogen-bond acceptors (Lipinski definition) is 5. The van der Waals surface area contributed by atoms with Gasteiger partial charge in [0.15, 0.2) is 11.5 Å². The molecule has 3 atom stereocenters. The fourth-order valence-corrected chi connectivity index (χ4v) is 3.32. The van der Waals surface area contributed by atoms with Crippen LogP contribution in [0.15, 0.2) is 36.0 Å². The van der Waals surface area contributed by atoms with Crippen LogP contribution in [0.5, 0.6) is 11.5 Å². The van der Waals surface area contributed by atoms with Crippen molar-refractivity contribution in [1.29, 1.82) is 0 Å². The number of rotatable bonds is 5. The van der Waals surface area contributed by atoms with E-state index in [9.17, 15) is 4.79 Å². The number of methoxy groups -OCH3 is 2. The molecule has 1 aromatic carbocycles. The molecule has 2 aliphatic rings. The van der Waals surface area contributed by atoms with E-state index >= 15 is 0 Å². The van der Waals surface area contributed by atoms with Crippen molar-refractivity contribution in [2.75, 3.05) is 27.8 Å². The Balaban J connectivity index is 0.000000288. The van der Waals surface area contributed by atoms with Crippen molar-refractivity contribution >= 4 is 14.8 Å². The van der Waals surface area contributed by atoms with E-state index in [0.717, 1.165) is 36.4 Å². The fraction of sp³-hybridized carbons (Fsp3) is 0.450. The van der Waals surface area contributed by atoms with Gasteiger partial charge in [0.2, 0.25) is 0 Å². The van der Waals surface area contributed by atoms with E-state index in [1.165, 1.54) is 18.5 Å². The van der Waals surface area contributed by atoms with Crippen LogP contribution in [-0.2, 0) is 37.5 Å². The molecule has 0 amide bonds. The SMILES string of the molecule is COc1ccccc1OC.[CH2-]C(N[C-]1C=C2C(CC1)CCN2C)C(=O)P.[Y]. The van der Waals surface area contributed by atoms with Crippen molar-refractivity contribution < 1.29 is 47.0 Å². The third-order valence-electron chi connectivity index (χ3n) is 4.75. The summed E-state index contributed by atoms with van der Waals surface area (Å²) in [5.41, 5.74) is 1.42. The number of nitrogens with one attached hydrogen (secondary N) is 1. The maximum absolute atomic E-state index is 11.1. The number of para-hydroxylation sites is 2. The number of benzene rings is 1. The zero-order valence-corrected chi connectivity index (χ0v) is 20.4. The second kappa shape index (κ2) is 12.1. The summed E-state index contributed by atoms with van der Waals surface area (Å²) in [7, 11) is 7.56. The summed E-state index contributed by atoms with van der Waals surface area (Å²) >= 11 is 0. The number of allylic oxidation sites excluding steroid dienone is 1. The van der Waals surface area contributed by atoms with E-state index in [1.807, 2.05) is 24.3 Å². The average Bonchev–Trinajstić information content (AvgIpc) is 3.02. The van der Waals surface area contributed by atoms with E-state index < -0.39 is 0 Å². The van der Waals surface area contributed by atoms with Crippen LogP contribution in [0.25, 0.3) is 0 Å². The third-order valence-corrected chi connectivity index (χ3v) is 5.15. The first kappa shape index (κ1) is 24.4. The molecule has 27 heavy (non-hydrogen) atoms. The topological polar surface area (TPSA) is 50.8 Å². The van der Waals surface area contributed by atoms with Crippen molar-refractivity contribution in [3.63, 3.8) is 0 Å². The van der Waals surface area contributed by atoms with Gasteiger partial charge in [-0.3, -0.25) is 4.79 Å². The first-order valence-corrected chi connectivity index (χ1v) is 9.38. The molecule has 1 N–H and O–H groups in total. The van der Waals surface area contributed by atoms with Gasteiger partial charge in [0.25, 0.3) is 0 Å². The van der Waals surface area contributed by atoms with Crippen LogP contribution in [0.4, 0.5) is 0 Å². The van der Waals surface area contributed by atoms with Gasteiger partial charge in [-0.2, -0.15) is 12.1 Å². The molecule has 1 saturated heterocycles. The zero-order chi connectivity index (χ0) is 19.1. The first-order valence-electron chi connectivity index (χ1n) is 8.80. The van der Waals surface area contributed by atoms with Gasteiger partial charge < -0.3 is 26.6 Å². The molecular weight excluding hydrogens is 436 g/mol. The van der Waals surface area contributed by atoms with Gasteiger partial charge in [0, 0.05) is 32.7 Å². The Labute approximate surface area is 190 Å². The zero-order valence-electron chi connectivity index (χ0n) is 16.4. The molecule has 0 spiro atoms. The Morgan fingerprint density at radius 3 is 2.41 bits per heavy atom. The quantitative estimate of drug-likeness (QED) is 0.536. The van der Waals surface area contributed by atoms with Gasteiger partial charge in [0.1, 0.15) is 5.52 Å². The Morgan fingerprint density at radius 1 is 1.30 bits per heavy atom. The summed E-state index contributed by atoms with van der Waals surface area (Å²) in [5.74, 6) is 2.26. The molecule has 1 fully saturated rings. The third kappa shape index (κ3) is 7.05. The number of nitrogens with zero attached hydrogens (tertiary/aromatic N) is 1. The van der Waals surface area contributed by atoms with Crippen molar-refractivity contribution in [2.24, 2.45) is 5.92 Å². The van der Waals surface area contributed by atoms with Crippen molar-refractivity contribution in [2.45, 2.75) is 25.3 Å². The largest absolute Gasteiger partial charge is 0.493 e. The Hall–Kier alpha value is -0.606. The molecule has 0 aromatic heterocycles. The molecule has 3 unspecified atom stereocenters. The molecule has 3 rings (SSSR count). The van der Waals surface area contributed by atoms with E-state index in [4.69, 9.17) is 9.47 Å². The van der Waals surface area contributed by atoms with Gasteiger partial charge in [-0.15, -0.1) is 5.70 Å². The molecule has 7 heteroatoms. The molecular formula is C20H29N2O3PY-2. The predicted molar refractivity (Wildman–Crippen MR) is 108 cm³/mol. The minimum Gasteiger partial charge on any atom is -0.493 e. The number of carbonyl (C=O) groups is 1. The van der Waals surface area contributed by atoms with Gasteiger partial charge in [-0.05, 0) is 32.1 Å². The molecule has 1 radical (unpaired) electrons. The number of carbonyl (C=O) groups excluding carboxylic acids is 1. The van der Waals surface area contributed by atoms with Crippen molar-refractivity contribution in [3.8, 4) is 11.5 Å². The molecule has 0 bridgehead atoms. The molecule has 1 aliphatic heterocycles. The maximum atomic E-state index is 11.1. The van der Waals surface area contributed by atoms with Crippen LogP contribution in [0.2, 0.25) is 0 Å². The molecule has 147 valence electrons. The predicted octanol–water partition coefficient (Wildman–Crippen LogP) is 3.04. The van der Waals surface area contributed by atoms with Crippen molar-refractivity contribution in [3.05, 3.63) is 49.0 Å². The second-order valence-corrected chi connectivity index (χ2v) is 7.06. The summed E-state index contributed by atoms with van der Waals surface area (Å²) in [6, 6.07) is 8.33. The number of hydrogen-bond donors (Lipinski definition) is 1. The van der Waals surface area contributed by atoms with Crippen molar-refractivity contribution in [1.82, 2.24) is 10.2 Å². The van der Waals surface area contributed by atoms with Crippen LogP contribution in [0.1, 0.15) is 19.3 Å². The molecule has 0 saturated carbocycles. The van der Waals surface area contributed by atoms with Crippen LogP contribution in [0.3, 0.4) is 0 Å². The Kier molecular flexibility index (Phi) is 10.9. The normalized spacial score (nSPS) is 19.0. The van der Waals surface area contributed by atoms with Gasteiger partial charge in [0.05, 0.1) is 14.2 Å². The van der Waals surface area contributed by atoms with Crippen LogP contribution in [0, 0.1) is 18.9 Å². The first-order chi connectivity index (χ1) is 12.5. The minimum absolute atomic E-state index is 0. The van der Waals surface area contributed by atoms with Gasteiger partial charge >= 0.3 is 0 Å². The number of likely N-dealkylation sites (tertiary alicyclic amines) is 1. The number of ether oxygens (including phenoxy) is 2. The van der Waals surface area contributed by atoms with Crippen LogP contribution in [-0.4, -0.2) is 44.3 Å². The Morgan fingerprint density at radius 2 is 1.89 bits per heavy atom. The molecule has 1 aromatic rings. The number of fused-ring (bicyclic) bond motifs is 1. The fourth-order valence-electron chi connectivity index (χ4n) is 3.24. The standard InChI is InChI=1S/C12H19N2OP.C8H10O2.Y/c1-8(12(15)16)13-10-4-3-9-5-6-14(2)11(9)7-10;1-9-7-5-3-4-6-8(7)10-2;/h7-9,13H,1,3-6,16H2,2H3;3-6H,1-2H3;/q-2;;. The van der Waals surface area contributed by atoms with E-state index in [-0.39, 0.29) is 44.3 Å². The summed E-state index contributed by atoms with van der Waals surface area (Å²) in [4.78, 5) is 13.4. The molecule has 1 heterocycles. The van der Waals surface area contributed by atoms with E-state index in [0.29, 0.717) is 0 Å². The van der Waals surface area contributed by atoms with Crippen LogP contribution < -0.4 is 14.8 Å². The smallest absolute Gasteiger partial charge is 0.160 e. The summed E-state index contributed by atoms with van der Waals surface area (Å²) in [5, 5.41) is 3.18. The second-order valence-electron chi connectivity index (χ2n) is 6.49. The molecule has 1 aliphatic carbocycles. The average molecular weight is 465 g/mol. The Bertz CT molecular complexity index is 618. The van der Waals surface area contributed by atoms with Gasteiger partial charge in [-0.1, -0.05) is 46.2 Å². The summed E-state index contributed by atoms with van der Waals surface area (Å²) in [6.07, 6.45) is 5.70. The summed E-state index contributed by atoms with van der Waals surface area (Å²) < 4.78 is 10.0. The summed E-state index contributed by atoms with van der Waals surface area (Å²) in [6.45, 7) is 4.94. The van der Waals surface area contributed by atoms with E-state index in [1.54, 1.807) is 14.2 Å². The molecule has 5 nitrogen and oxygen atoms in total.